The van der Waals surface area contributed by atoms with Gasteiger partial charge in [-0.2, -0.15) is 11.3 Å². The van der Waals surface area contributed by atoms with Gasteiger partial charge in [-0.3, -0.25) is 0 Å². The van der Waals surface area contributed by atoms with Crippen LogP contribution in [-0.2, 0) is 0 Å². The number of nitrogens with two attached hydrogens (primary N) is 1. The summed E-state index contributed by atoms with van der Waals surface area (Å²) in [5.41, 5.74) is 6.60. The second-order valence-corrected chi connectivity index (χ2v) is 5.96. The van der Waals surface area contributed by atoms with Crippen molar-refractivity contribution in [1.29, 1.82) is 0 Å². The van der Waals surface area contributed by atoms with Crippen LogP contribution in [-0.4, -0.2) is 22.8 Å². The van der Waals surface area contributed by atoms with Crippen LogP contribution in [0.15, 0.2) is 16.8 Å². The third-order valence-corrected chi connectivity index (χ3v) is 4.72. The SMILES string of the molecule is NC(c1ccsc1)C1(O)CC2CCC(C1)N2. The van der Waals surface area contributed by atoms with Gasteiger partial charge in [-0.15, -0.1) is 0 Å². The number of hydrogen-bond acceptors (Lipinski definition) is 4. The third-order valence-electron chi connectivity index (χ3n) is 4.02. The molecule has 88 valence electrons. The van der Waals surface area contributed by atoms with Crippen LogP contribution in [0.3, 0.4) is 0 Å². The molecule has 4 N–H and O–H groups in total. The summed E-state index contributed by atoms with van der Waals surface area (Å²) >= 11 is 1.64. The standard InChI is InChI=1S/C12H18N2OS/c13-11(8-3-4-16-7-8)12(15)5-9-1-2-10(6-12)14-9/h3-4,7,9-11,14-15H,1-2,5-6,13H2. The lowest BCUT2D eigenvalue weighted by Crippen LogP contribution is -2.53. The lowest BCUT2D eigenvalue weighted by Gasteiger charge is -2.41. The molecule has 3 unspecified atom stereocenters. The Morgan fingerprint density at radius 1 is 1.44 bits per heavy atom. The highest BCUT2D eigenvalue weighted by Gasteiger charge is 2.46. The molecule has 0 aliphatic carbocycles. The van der Waals surface area contributed by atoms with Crippen molar-refractivity contribution >= 4 is 11.3 Å². The van der Waals surface area contributed by atoms with Crippen molar-refractivity contribution in [2.45, 2.75) is 49.4 Å². The van der Waals surface area contributed by atoms with Gasteiger partial charge >= 0.3 is 0 Å². The van der Waals surface area contributed by atoms with Gasteiger partial charge in [0.05, 0.1) is 11.6 Å². The Morgan fingerprint density at radius 3 is 2.69 bits per heavy atom. The first-order chi connectivity index (χ1) is 7.67. The molecule has 3 atom stereocenters. The summed E-state index contributed by atoms with van der Waals surface area (Å²) in [6.07, 6.45) is 3.95. The lowest BCUT2D eigenvalue weighted by molar-refractivity contribution is -0.0296. The van der Waals surface area contributed by atoms with E-state index in [0.29, 0.717) is 12.1 Å². The minimum absolute atomic E-state index is 0.232. The Hall–Kier alpha value is -0.420. The van der Waals surface area contributed by atoms with Gasteiger partial charge in [0.15, 0.2) is 0 Å². The molecule has 1 aromatic rings. The van der Waals surface area contributed by atoms with E-state index in [1.54, 1.807) is 11.3 Å². The van der Waals surface area contributed by atoms with Crippen LogP contribution < -0.4 is 11.1 Å². The smallest absolute Gasteiger partial charge is 0.0869 e. The van der Waals surface area contributed by atoms with E-state index >= 15 is 0 Å². The van der Waals surface area contributed by atoms with E-state index in [0.717, 1.165) is 18.4 Å². The summed E-state index contributed by atoms with van der Waals surface area (Å²) in [4.78, 5) is 0. The van der Waals surface area contributed by atoms with E-state index in [9.17, 15) is 5.11 Å². The quantitative estimate of drug-likeness (QED) is 0.730. The molecule has 0 spiro atoms. The fourth-order valence-electron chi connectivity index (χ4n) is 3.18. The molecule has 3 rings (SSSR count). The lowest BCUT2D eigenvalue weighted by atomic mass is 9.79. The zero-order valence-electron chi connectivity index (χ0n) is 9.23. The zero-order chi connectivity index (χ0) is 11.2. The van der Waals surface area contributed by atoms with E-state index in [-0.39, 0.29) is 6.04 Å². The predicted molar refractivity (Wildman–Crippen MR) is 65.4 cm³/mol. The normalized spacial score (nSPS) is 39.9. The van der Waals surface area contributed by atoms with Crippen LogP contribution in [0.25, 0.3) is 0 Å². The first-order valence-corrected chi connectivity index (χ1v) is 6.88. The summed E-state index contributed by atoms with van der Waals surface area (Å²) in [5.74, 6) is 0. The molecule has 2 saturated heterocycles. The zero-order valence-corrected chi connectivity index (χ0v) is 10.0. The van der Waals surface area contributed by atoms with Gasteiger partial charge in [0.25, 0.3) is 0 Å². The number of fused-ring (bicyclic) bond motifs is 2. The fourth-order valence-corrected chi connectivity index (χ4v) is 3.87. The van der Waals surface area contributed by atoms with Crippen LogP contribution in [0.5, 0.6) is 0 Å². The highest BCUT2D eigenvalue weighted by molar-refractivity contribution is 7.07. The molecule has 0 radical (unpaired) electrons. The number of thiophene rings is 1. The van der Waals surface area contributed by atoms with Crippen LogP contribution >= 0.6 is 11.3 Å². The molecule has 3 nitrogen and oxygen atoms in total. The summed E-state index contributed by atoms with van der Waals surface area (Å²) in [7, 11) is 0. The number of rotatable bonds is 2. The summed E-state index contributed by atoms with van der Waals surface area (Å²) in [6.45, 7) is 0. The van der Waals surface area contributed by atoms with Gasteiger partial charge < -0.3 is 16.2 Å². The van der Waals surface area contributed by atoms with E-state index in [1.807, 2.05) is 16.8 Å². The molecule has 2 bridgehead atoms. The van der Waals surface area contributed by atoms with Crippen molar-refractivity contribution < 1.29 is 5.11 Å². The van der Waals surface area contributed by atoms with Crippen molar-refractivity contribution in [3.63, 3.8) is 0 Å². The van der Waals surface area contributed by atoms with Crippen molar-refractivity contribution in [3.8, 4) is 0 Å². The average Bonchev–Trinajstić information content (AvgIpc) is 2.87. The van der Waals surface area contributed by atoms with E-state index in [4.69, 9.17) is 5.73 Å². The van der Waals surface area contributed by atoms with E-state index in [2.05, 4.69) is 5.32 Å². The summed E-state index contributed by atoms with van der Waals surface area (Å²) < 4.78 is 0. The summed E-state index contributed by atoms with van der Waals surface area (Å²) in [5, 5.41) is 18.3. The molecule has 0 amide bonds. The Kier molecular flexibility index (Phi) is 2.55. The molecule has 3 heterocycles. The first kappa shape index (κ1) is 10.7. The highest BCUT2D eigenvalue weighted by atomic mass is 32.1. The molecule has 2 aliphatic heterocycles. The molecule has 2 aliphatic rings. The largest absolute Gasteiger partial charge is 0.388 e. The molecule has 1 aromatic heterocycles. The van der Waals surface area contributed by atoms with Crippen molar-refractivity contribution in [2.24, 2.45) is 5.73 Å². The Morgan fingerprint density at radius 2 is 2.12 bits per heavy atom. The topological polar surface area (TPSA) is 58.3 Å². The van der Waals surface area contributed by atoms with Gasteiger partial charge in [0, 0.05) is 12.1 Å². The van der Waals surface area contributed by atoms with Gasteiger partial charge in [-0.05, 0) is 48.1 Å². The van der Waals surface area contributed by atoms with Crippen LogP contribution in [0.2, 0.25) is 0 Å². The molecule has 2 fully saturated rings. The van der Waals surface area contributed by atoms with Crippen molar-refractivity contribution in [3.05, 3.63) is 22.4 Å². The first-order valence-electron chi connectivity index (χ1n) is 5.93. The monoisotopic (exact) mass is 238 g/mol. The van der Waals surface area contributed by atoms with Crippen molar-refractivity contribution in [2.75, 3.05) is 0 Å². The number of hydrogen-bond donors (Lipinski definition) is 3. The van der Waals surface area contributed by atoms with Crippen molar-refractivity contribution in [1.82, 2.24) is 5.32 Å². The number of nitrogens with one attached hydrogen (secondary N) is 1. The minimum atomic E-state index is -0.710. The maximum absolute atomic E-state index is 10.7. The average molecular weight is 238 g/mol. The van der Waals surface area contributed by atoms with Crippen LogP contribution in [0, 0.1) is 0 Å². The van der Waals surface area contributed by atoms with Gasteiger partial charge in [0.1, 0.15) is 0 Å². The Bertz CT molecular complexity index is 353. The fraction of sp³-hybridized carbons (Fsp3) is 0.667. The molecule has 16 heavy (non-hydrogen) atoms. The number of aliphatic hydroxyl groups is 1. The molecule has 0 aromatic carbocycles. The van der Waals surface area contributed by atoms with Gasteiger partial charge in [-0.25, -0.2) is 0 Å². The molecular weight excluding hydrogens is 220 g/mol. The van der Waals surface area contributed by atoms with Crippen LogP contribution in [0.4, 0.5) is 0 Å². The second kappa shape index (κ2) is 3.81. The maximum Gasteiger partial charge on any atom is 0.0869 e. The van der Waals surface area contributed by atoms with E-state index in [1.165, 1.54) is 12.8 Å². The third kappa shape index (κ3) is 1.70. The van der Waals surface area contributed by atoms with E-state index < -0.39 is 5.60 Å². The molecule has 0 saturated carbocycles. The molecule has 4 heteroatoms. The maximum atomic E-state index is 10.7. The second-order valence-electron chi connectivity index (χ2n) is 5.18. The van der Waals surface area contributed by atoms with Gasteiger partial charge in [-0.1, -0.05) is 0 Å². The van der Waals surface area contributed by atoms with Crippen LogP contribution in [0.1, 0.15) is 37.3 Å². The minimum Gasteiger partial charge on any atom is -0.388 e. The number of piperidine rings is 1. The summed E-state index contributed by atoms with van der Waals surface area (Å²) in [6, 6.07) is 2.72. The van der Waals surface area contributed by atoms with Gasteiger partial charge in [0.2, 0.25) is 0 Å². The Balaban J connectivity index is 1.82. The highest BCUT2D eigenvalue weighted by Crippen LogP contribution is 2.40. The molecular formula is C12H18N2OS. The Labute approximate surface area is 99.7 Å². The predicted octanol–water partition coefficient (Wildman–Crippen LogP) is 1.39.